The van der Waals surface area contributed by atoms with Gasteiger partial charge in [-0.2, -0.15) is 0 Å². The van der Waals surface area contributed by atoms with Gasteiger partial charge in [0.1, 0.15) is 0 Å². The Hall–Kier alpha value is -2.82. The molecule has 3 nitrogen and oxygen atoms in total. The van der Waals surface area contributed by atoms with E-state index >= 15 is 0 Å². The first kappa shape index (κ1) is 20.9. The molecule has 29 heavy (non-hydrogen) atoms. The van der Waals surface area contributed by atoms with Gasteiger partial charge < -0.3 is 4.43 Å². The largest absolute Gasteiger partial charge is 0.419 e. The van der Waals surface area contributed by atoms with E-state index in [1.165, 1.54) is 0 Å². The molecule has 0 bridgehead atoms. The molecule has 3 rings (SSSR count). The van der Waals surface area contributed by atoms with E-state index in [0.29, 0.717) is 23.3 Å². The summed E-state index contributed by atoms with van der Waals surface area (Å²) < 4.78 is 5.99. The lowest BCUT2D eigenvalue weighted by atomic mass is 9.76. The van der Waals surface area contributed by atoms with Crippen LogP contribution in [0.5, 0.6) is 0 Å². The van der Waals surface area contributed by atoms with Crippen LogP contribution in [0.15, 0.2) is 84.9 Å². The van der Waals surface area contributed by atoms with Gasteiger partial charge in [-0.05, 0) is 25.6 Å². The van der Waals surface area contributed by atoms with Crippen molar-refractivity contribution in [1.29, 1.82) is 0 Å². The second-order valence-electron chi connectivity index (χ2n) is 7.66. The number of rotatable bonds is 8. The number of carbonyl (C=O) groups is 2. The van der Waals surface area contributed by atoms with Crippen LogP contribution in [0.25, 0.3) is 0 Å². The van der Waals surface area contributed by atoms with E-state index in [0.717, 1.165) is 5.56 Å². The Morgan fingerprint density at radius 2 is 1.24 bits per heavy atom. The molecule has 1 unspecified atom stereocenters. The lowest BCUT2D eigenvalue weighted by Gasteiger charge is -2.30. The van der Waals surface area contributed by atoms with Crippen molar-refractivity contribution < 1.29 is 14.0 Å². The van der Waals surface area contributed by atoms with Gasteiger partial charge >= 0.3 is 0 Å². The fourth-order valence-corrected chi connectivity index (χ4v) is 3.93. The molecule has 0 saturated carbocycles. The zero-order valence-corrected chi connectivity index (χ0v) is 18.2. The molecule has 0 N–H and O–H groups in total. The number of ketones is 2. The molecule has 0 aromatic heterocycles. The summed E-state index contributed by atoms with van der Waals surface area (Å²) in [6, 6.07) is 25.8. The molecular formula is C25H26O3Si. The van der Waals surface area contributed by atoms with E-state index in [-0.39, 0.29) is 11.6 Å². The summed E-state index contributed by atoms with van der Waals surface area (Å²) in [5.41, 5.74) is 1.94. The molecule has 1 atom stereocenters. The normalized spacial score (nSPS) is 13.1. The van der Waals surface area contributed by atoms with Crippen molar-refractivity contribution in [1.82, 2.24) is 0 Å². The predicted molar refractivity (Wildman–Crippen MR) is 119 cm³/mol. The summed E-state index contributed by atoms with van der Waals surface area (Å²) in [5, 5.41) is 0. The van der Waals surface area contributed by atoms with Crippen molar-refractivity contribution in [2.75, 3.05) is 6.61 Å². The zero-order chi connectivity index (χ0) is 20.9. The maximum Gasteiger partial charge on any atom is 0.193 e. The van der Waals surface area contributed by atoms with Crippen LogP contribution < -0.4 is 0 Å². The van der Waals surface area contributed by atoms with Gasteiger partial charge in [0.05, 0.1) is 12.0 Å². The summed E-state index contributed by atoms with van der Waals surface area (Å²) in [6.45, 7) is 6.48. The molecule has 0 amide bonds. The van der Waals surface area contributed by atoms with Gasteiger partial charge in [0.25, 0.3) is 0 Å². The third-order valence-electron chi connectivity index (χ3n) is 5.06. The van der Waals surface area contributed by atoms with Gasteiger partial charge in [-0.15, -0.1) is 0 Å². The van der Waals surface area contributed by atoms with E-state index in [2.05, 4.69) is 13.1 Å². The predicted octanol–water partition coefficient (Wildman–Crippen LogP) is 5.06. The first-order valence-corrected chi connectivity index (χ1v) is 12.6. The minimum Gasteiger partial charge on any atom is -0.419 e. The van der Waals surface area contributed by atoms with E-state index in [1.807, 2.05) is 55.5 Å². The maximum atomic E-state index is 13.5. The third kappa shape index (κ3) is 4.78. The van der Waals surface area contributed by atoms with Crippen molar-refractivity contribution in [3.8, 4) is 0 Å². The van der Waals surface area contributed by atoms with Crippen LogP contribution >= 0.6 is 0 Å². The van der Waals surface area contributed by atoms with Crippen molar-refractivity contribution in [2.45, 2.75) is 25.4 Å². The van der Waals surface area contributed by atoms with Crippen LogP contribution in [0.3, 0.4) is 0 Å². The Balaban J connectivity index is 1.89. The number of hydrogen-bond donors (Lipinski definition) is 0. The zero-order valence-electron chi connectivity index (χ0n) is 17.1. The molecule has 0 spiro atoms. The molecule has 4 heteroatoms. The average molecular weight is 403 g/mol. The fraction of sp³-hybridized carbons (Fsp3) is 0.200. The summed E-state index contributed by atoms with van der Waals surface area (Å²) in [7, 11) is -1.28. The highest BCUT2D eigenvalue weighted by Crippen LogP contribution is 2.29. The van der Waals surface area contributed by atoms with Gasteiger partial charge in [0, 0.05) is 16.7 Å². The lowest BCUT2D eigenvalue weighted by molar-refractivity contribution is 0.0839. The minimum atomic E-state index is -1.28. The molecular weight excluding hydrogens is 376 g/mol. The van der Waals surface area contributed by atoms with Gasteiger partial charge in [0.2, 0.25) is 0 Å². The molecule has 3 aromatic rings. The molecule has 0 radical (unpaired) electrons. The van der Waals surface area contributed by atoms with Crippen LogP contribution in [0.1, 0.15) is 38.8 Å². The Labute approximate surface area is 174 Å². The van der Waals surface area contributed by atoms with Crippen LogP contribution in [0.4, 0.5) is 0 Å². The Bertz CT molecular complexity index is 966. The molecule has 0 aliphatic rings. The van der Waals surface area contributed by atoms with Gasteiger partial charge in [-0.1, -0.05) is 84.9 Å². The van der Waals surface area contributed by atoms with Gasteiger partial charge in [-0.3, -0.25) is 9.59 Å². The highest BCUT2D eigenvalue weighted by atomic mass is 28.3. The fourth-order valence-electron chi connectivity index (χ4n) is 3.27. The smallest absolute Gasteiger partial charge is 0.193 e. The first-order valence-electron chi connectivity index (χ1n) is 9.83. The van der Waals surface area contributed by atoms with E-state index in [1.54, 1.807) is 36.4 Å². The van der Waals surface area contributed by atoms with Crippen molar-refractivity contribution >= 4 is 20.6 Å². The second kappa shape index (κ2) is 9.12. The molecule has 148 valence electrons. The number of Topliss-reactive ketones (excluding diaryl/α,β-unsaturated/α-hetero) is 1. The summed E-state index contributed by atoms with van der Waals surface area (Å²) in [6.07, 6.45) is 0. The molecule has 0 aliphatic carbocycles. The van der Waals surface area contributed by atoms with Crippen LogP contribution in [0, 0.1) is 0 Å². The Morgan fingerprint density at radius 1 is 0.759 bits per heavy atom. The second-order valence-corrected chi connectivity index (χ2v) is 10.1. The first-order chi connectivity index (χ1) is 13.9. The molecule has 3 aromatic carbocycles. The Morgan fingerprint density at radius 3 is 1.79 bits per heavy atom. The Kier molecular flexibility index (Phi) is 6.57. The SMILES string of the molecule is C[SiH](C)OCC(C)(C(=O)c1ccc(C(=O)c2ccccc2)cc1)c1ccccc1. The quantitative estimate of drug-likeness (QED) is 0.391. The lowest BCUT2D eigenvalue weighted by Crippen LogP contribution is -2.39. The average Bonchev–Trinajstić information content (AvgIpc) is 2.77. The van der Waals surface area contributed by atoms with Crippen molar-refractivity contribution in [3.63, 3.8) is 0 Å². The van der Waals surface area contributed by atoms with E-state index < -0.39 is 14.5 Å². The van der Waals surface area contributed by atoms with Crippen LogP contribution in [0.2, 0.25) is 13.1 Å². The summed E-state index contributed by atoms with van der Waals surface area (Å²) in [5.74, 6) is -0.0541. The number of benzene rings is 3. The number of hydrogen-bond acceptors (Lipinski definition) is 3. The van der Waals surface area contributed by atoms with Gasteiger partial charge in [-0.25, -0.2) is 0 Å². The van der Waals surface area contributed by atoms with Crippen LogP contribution in [-0.2, 0) is 9.84 Å². The van der Waals surface area contributed by atoms with E-state index in [9.17, 15) is 9.59 Å². The van der Waals surface area contributed by atoms with Crippen molar-refractivity contribution in [2.24, 2.45) is 0 Å². The third-order valence-corrected chi connectivity index (χ3v) is 5.90. The van der Waals surface area contributed by atoms with Crippen molar-refractivity contribution in [3.05, 3.63) is 107 Å². The maximum absolute atomic E-state index is 13.5. The highest BCUT2D eigenvalue weighted by molar-refractivity contribution is 6.48. The monoisotopic (exact) mass is 402 g/mol. The van der Waals surface area contributed by atoms with Gasteiger partial charge in [0.15, 0.2) is 20.6 Å². The number of carbonyl (C=O) groups excluding carboxylic acids is 2. The molecule has 0 heterocycles. The minimum absolute atomic E-state index is 0.00272. The molecule has 0 saturated heterocycles. The van der Waals surface area contributed by atoms with E-state index in [4.69, 9.17) is 4.43 Å². The highest BCUT2D eigenvalue weighted by Gasteiger charge is 2.36. The van der Waals surface area contributed by atoms with Crippen LogP contribution in [-0.4, -0.2) is 27.2 Å². The summed E-state index contributed by atoms with van der Waals surface area (Å²) in [4.78, 5) is 26.1. The summed E-state index contributed by atoms with van der Waals surface area (Å²) >= 11 is 0. The molecule has 0 aliphatic heterocycles. The molecule has 0 fully saturated rings. The standard InChI is InChI=1S/C25H26O3Si/c1-25(18-28-29(2)3,22-12-8-5-9-13-22)24(27)21-16-14-20(15-17-21)23(26)19-10-6-4-7-11-19/h4-17,29H,18H2,1-3H3. The topological polar surface area (TPSA) is 43.4 Å².